The molecule has 0 spiro atoms. The highest BCUT2D eigenvalue weighted by Gasteiger charge is 2.18. The van der Waals surface area contributed by atoms with Crippen LogP contribution in [0.5, 0.6) is 23.0 Å². The highest BCUT2D eigenvalue weighted by molar-refractivity contribution is 5.95. The van der Waals surface area contributed by atoms with Crippen LogP contribution in [0.3, 0.4) is 0 Å². The number of carbonyl (C=O) groups excluding carboxylic acids is 2. The van der Waals surface area contributed by atoms with Gasteiger partial charge in [0.25, 0.3) is 5.91 Å². The van der Waals surface area contributed by atoms with Crippen molar-refractivity contribution >= 4 is 18.1 Å². The third-order valence-electron chi connectivity index (χ3n) is 4.41. The SMILES string of the molecule is COc1cc(C(=O)Oc2ccc(/C=N/NC(=O)c3ccccc3)cc2)cc(OC)c1OC. The van der Waals surface area contributed by atoms with Crippen molar-refractivity contribution in [3.8, 4) is 23.0 Å². The molecule has 1 amide bonds. The lowest BCUT2D eigenvalue weighted by atomic mass is 10.2. The molecule has 0 fully saturated rings. The largest absolute Gasteiger partial charge is 0.493 e. The summed E-state index contributed by atoms with van der Waals surface area (Å²) in [7, 11) is 4.42. The molecule has 32 heavy (non-hydrogen) atoms. The second-order valence-corrected chi connectivity index (χ2v) is 6.44. The van der Waals surface area contributed by atoms with Crippen molar-refractivity contribution in [2.75, 3.05) is 21.3 Å². The van der Waals surface area contributed by atoms with Crippen LogP contribution in [0, 0.1) is 0 Å². The molecule has 3 aromatic rings. The first kappa shape index (κ1) is 22.4. The molecule has 3 rings (SSSR count). The van der Waals surface area contributed by atoms with Crippen LogP contribution >= 0.6 is 0 Å². The summed E-state index contributed by atoms with van der Waals surface area (Å²) in [5.41, 5.74) is 3.93. The third-order valence-corrected chi connectivity index (χ3v) is 4.41. The maximum absolute atomic E-state index is 12.6. The zero-order valence-corrected chi connectivity index (χ0v) is 17.8. The molecule has 0 atom stereocenters. The number of carbonyl (C=O) groups is 2. The van der Waals surface area contributed by atoms with Gasteiger partial charge >= 0.3 is 5.97 Å². The Morgan fingerprint density at radius 2 is 1.44 bits per heavy atom. The minimum Gasteiger partial charge on any atom is -0.493 e. The Bertz CT molecular complexity index is 1090. The van der Waals surface area contributed by atoms with Crippen LogP contribution in [0.15, 0.2) is 71.8 Å². The van der Waals surface area contributed by atoms with E-state index in [0.29, 0.717) is 34.1 Å². The number of hydrazone groups is 1. The number of methoxy groups -OCH3 is 3. The number of ether oxygens (including phenoxy) is 4. The van der Waals surface area contributed by atoms with Gasteiger partial charge in [0.15, 0.2) is 11.5 Å². The zero-order valence-electron chi connectivity index (χ0n) is 17.8. The summed E-state index contributed by atoms with van der Waals surface area (Å²) in [6.45, 7) is 0. The average molecular weight is 434 g/mol. The first-order valence-corrected chi connectivity index (χ1v) is 9.56. The molecule has 1 N–H and O–H groups in total. The van der Waals surface area contributed by atoms with Gasteiger partial charge < -0.3 is 18.9 Å². The highest BCUT2D eigenvalue weighted by atomic mass is 16.5. The molecule has 0 bridgehead atoms. The molecular weight excluding hydrogens is 412 g/mol. The summed E-state index contributed by atoms with van der Waals surface area (Å²) in [6, 6.07) is 18.5. The lowest BCUT2D eigenvalue weighted by Crippen LogP contribution is -2.17. The Labute approximate surface area is 185 Å². The van der Waals surface area contributed by atoms with Gasteiger partial charge in [-0.25, -0.2) is 10.2 Å². The summed E-state index contributed by atoms with van der Waals surface area (Å²) in [5.74, 6) is 0.535. The molecular formula is C24H22N2O6. The molecule has 0 unspecified atom stereocenters. The molecule has 8 nitrogen and oxygen atoms in total. The Kier molecular flexibility index (Phi) is 7.42. The second kappa shape index (κ2) is 10.6. The Morgan fingerprint density at radius 1 is 0.812 bits per heavy atom. The number of rotatable bonds is 8. The fourth-order valence-electron chi connectivity index (χ4n) is 2.81. The van der Waals surface area contributed by atoms with Crippen molar-refractivity contribution < 1.29 is 28.5 Å². The van der Waals surface area contributed by atoms with Crippen LogP contribution < -0.4 is 24.4 Å². The molecule has 164 valence electrons. The van der Waals surface area contributed by atoms with Crippen molar-refractivity contribution in [2.24, 2.45) is 5.10 Å². The van der Waals surface area contributed by atoms with E-state index >= 15 is 0 Å². The Balaban J connectivity index is 1.64. The van der Waals surface area contributed by atoms with Crippen molar-refractivity contribution in [1.29, 1.82) is 0 Å². The van der Waals surface area contributed by atoms with Gasteiger partial charge in [0.05, 0.1) is 33.1 Å². The van der Waals surface area contributed by atoms with Crippen LogP contribution in [0.4, 0.5) is 0 Å². The van der Waals surface area contributed by atoms with E-state index in [1.165, 1.54) is 39.7 Å². The van der Waals surface area contributed by atoms with Gasteiger partial charge in [0.2, 0.25) is 5.75 Å². The molecule has 0 aliphatic carbocycles. The topological polar surface area (TPSA) is 95.5 Å². The maximum atomic E-state index is 12.6. The van der Waals surface area contributed by atoms with Crippen molar-refractivity contribution in [3.63, 3.8) is 0 Å². The van der Waals surface area contributed by atoms with E-state index in [1.54, 1.807) is 48.5 Å². The van der Waals surface area contributed by atoms with E-state index in [9.17, 15) is 9.59 Å². The van der Waals surface area contributed by atoms with E-state index in [1.807, 2.05) is 6.07 Å². The van der Waals surface area contributed by atoms with Crippen LogP contribution in [0.2, 0.25) is 0 Å². The van der Waals surface area contributed by atoms with Gasteiger partial charge in [-0.15, -0.1) is 0 Å². The fraction of sp³-hybridized carbons (Fsp3) is 0.125. The third kappa shape index (κ3) is 5.42. The first-order valence-electron chi connectivity index (χ1n) is 9.56. The molecule has 0 aromatic heterocycles. The summed E-state index contributed by atoms with van der Waals surface area (Å²) < 4.78 is 21.2. The number of benzene rings is 3. The summed E-state index contributed by atoms with van der Waals surface area (Å²) in [5, 5.41) is 3.94. The number of nitrogens with zero attached hydrogens (tertiary/aromatic N) is 1. The van der Waals surface area contributed by atoms with Crippen LogP contribution in [0.1, 0.15) is 26.3 Å². The molecule has 8 heteroatoms. The standard InChI is InChI=1S/C24H22N2O6/c1-29-20-13-18(14-21(30-2)22(20)31-3)24(28)32-19-11-9-16(10-12-19)15-25-26-23(27)17-7-5-4-6-8-17/h4-15H,1-3H3,(H,26,27)/b25-15+. The normalized spacial score (nSPS) is 10.5. The van der Waals surface area contributed by atoms with E-state index in [4.69, 9.17) is 18.9 Å². The Hall–Kier alpha value is -4.33. The minimum absolute atomic E-state index is 0.244. The van der Waals surface area contributed by atoms with Gasteiger partial charge in [-0.3, -0.25) is 4.79 Å². The van der Waals surface area contributed by atoms with E-state index in [-0.39, 0.29) is 11.5 Å². The monoisotopic (exact) mass is 434 g/mol. The molecule has 0 aliphatic rings. The number of esters is 1. The van der Waals surface area contributed by atoms with Crippen molar-refractivity contribution in [1.82, 2.24) is 5.43 Å². The number of amides is 1. The molecule has 0 saturated heterocycles. The molecule has 0 heterocycles. The van der Waals surface area contributed by atoms with Gasteiger partial charge in [0, 0.05) is 5.56 Å². The highest BCUT2D eigenvalue weighted by Crippen LogP contribution is 2.38. The molecule has 3 aromatic carbocycles. The minimum atomic E-state index is -0.583. The lowest BCUT2D eigenvalue weighted by molar-refractivity contribution is 0.0733. The smallest absolute Gasteiger partial charge is 0.343 e. The van der Waals surface area contributed by atoms with Crippen LogP contribution in [-0.4, -0.2) is 39.4 Å². The van der Waals surface area contributed by atoms with E-state index in [0.717, 1.165) is 0 Å². The van der Waals surface area contributed by atoms with Crippen molar-refractivity contribution in [3.05, 3.63) is 83.4 Å². The summed E-state index contributed by atoms with van der Waals surface area (Å²) in [4.78, 5) is 24.5. The summed E-state index contributed by atoms with van der Waals surface area (Å²) >= 11 is 0. The first-order chi connectivity index (χ1) is 15.5. The molecule has 0 aliphatic heterocycles. The lowest BCUT2D eigenvalue weighted by Gasteiger charge is -2.13. The Morgan fingerprint density at radius 3 is 2.00 bits per heavy atom. The van der Waals surface area contributed by atoms with E-state index in [2.05, 4.69) is 10.5 Å². The predicted octanol–water partition coefficient (Wildman–Crippen LogP) is 3.70. The van der Waals surface area contributed by atoms with Crippen molar-refractivity contribution in [2.45, 2.75) is 0 Å². The fourth-order valence-corrected chi connectivity index (χ4v) is 2.81. The molecule has 0 radical (unpaired) electrons. The predicted molar refractivity (Wildman–Crippen MR) is 119 cm³/mol. The molecule has 0 saturated carbocycles. The van der Waals surface area contributed by atoms with Gasteiger partial charge in [-0.2, -0.15) is 5.10 Å². The van der Waals surface area contributed by atoms with E-state index < -0.39 is 5.97 Å². The van der Waals surface area contributed by atoms with Crippen LogP contribution in [-0.2, 0) is 0 Å². The number of nitrogens with one attached hydrogen (secondary N) is 1. The average Bonchev–Trinajstić information content (AvgIpc) is 2.84. The van der Waals surface area contributed by atoms with Gasteiger partial charge in [-0.1, -0.05) is 18.2 Å². The number of hydrogen-bond donors (Lipinski definition) is 1. The van der Waals surface area contributed by atoms with Gasteiger partial charge in [0.1, 0.15) is 5.75 Å². The maximum Gasteiger partial charge on any atom is 0.343 e. The van der Waals surface area contributed by atoms with Gasteiger partial charge in [-0.05, 0) is 54.1 Å². The second-order valence-electron chi connectivity index (χ2n) is 6.44. The zero-order chi connectivity index (χ0) is 22.9. The summed E-state index contributed by atoms with van der Waals surface area (Å²) in [6.07, 6.45) is 1.49. The van der Waals surface area contributed by atoms with Crippen LogP contribution in [0.25, 0.3) is 0 Å². The number of hydrogen-bond acceptors (Lipinski definition) is 7. The quantitative estimate of drug-likeness (QED) is 0.251.